The van der Waals surface area contributed by atoms with Crippen molar-refractivity contribution in [2.45, 2.75) is 0 Å². The first-order valence-corrected chi connectivity index (χ1v) is 8.81. The molecule has 8 nitrogen and oxygen atoms in total. The van der Waals surface area contributed by atoms with Gasteiger partial charge in [-0.15, -0.1) is 0 Å². The molecule has 2 aliphatic heterocycles. The Hall–Kier alpha value is -3.39. The molecule has 4 rings (SSSR count). The zero-order valence-electron chi connectivity index (χ0n) is 15.6. The maximum atomic E-state index is 12.7. The molecule has 0 saturated heterocycles. The van der Waals surface area contributed by atoms with Crippen LogP contribution in [0.2, 0.25) is 0 Å². The van der Waals surface area contributed by atoms with E-state index < -0.39 is 0 Å². The van der Waals surface area contributed by atoms with Crippen LogP contribution in [0.5, 0.6) is 11.5 Å². The number of nitrogens with zero attached hydrogens (tertiary/aromatic N) is 3. The first-order valence-electron chi connectivity index (χ1n) is 8.81. The lowest BCUT2D eigenvalue weighted by Gasteiger charge is -2.32. The minimum Gasteiger partial charge on any atom is -0.491 e. The Balaban J connectivity index is 1.75. The minimum atomic E-state index is -0.143. The highest BCUT2D eigenvalue weighted by Gasteiger charge is 2.33. The molecule has 0 unspecified atom stereocenters. The quantitative estimate of drug-likeness (QED) is 0.467. The number of ketones is 1. The van der Waals surface area contributed by atoms with Crippen molar-refractivity contribution < 1.29 is 19.0 Å². The number of aliphatic imine (C=N–C) groups is 1. The van der Waals surface area contributed by atoms with Gasteiger partial charge in [0.05, 0.1) is 19.3 Å². The second-order valence-corrected chi connectivity index (χ2v) is 6.19. The van der Waals surface area contributed by atoms with Gasteiger partial charge in [-0.05, 0) is 24.3 Å². The Morgan fingerprint density at radius 3 is 2.96 bits per heavy atom. The summed E-state index contributed by atoms with van der Waals surface area (Å²) in [6.07, 6.45) is 4.74. The van der Waals surface area contributed by atoms with Gasteiger partial charge in [-0.25, -0.2) is 0 Å². The lowest BCUT2D eigenvalue weighted by atomic mass is 10.1. The van der Waals surface area contributed by atoms with Gasteiger partial charge < -0.3 is 24.4 Å². The minimum absolute atomic E-state index is 0.102. The average Bonchev–Trinajstić information content (AvgIpc) is 3.23. The Labute approximate surface area is 162 Å². The van der Waals surface area contributed by atoms with Gasteiger partial charge in [0.2, 0.25) is 0 Å². The van der Waals surface area contributed by atoms with Gasteiger partial charge in [0.25, 0.3) is 0 Å². The molecule has 0 bridgehead atoms. The number of benzene rings is 1. The second-order valence-electron chi connectivity index (χ2n) is 6.19. The molecule has 3 heterocycles. The van der Waals surface area contributed by atoms with Gasteiger partial charge in [0.1, 0.15) is 11.7 Å². The fraction of sp³-hybridized carbons (Fsp3) is 0.250. The van der Waals surface area contributed by atoms with Crippen LogP contribution in [0.25, 0.3) is 0 Å². The number of hydrogen-bond acceptors (Lipinski definition) is 8. The van der Waals surface area contributed by atoms with Crippen molar-refractivity contribution in [2.24, 2.45) is 4.99 Å². The Bertz CT molecular complexity index is 956. The number of hydrogen-bond donors (Lipinski definition) is 1. The highest BCUT2D eigenvalue weighted by Crippen LogP contribution is 2.42. The summed E-state index contributed by atoms with van der Waals surface area (Å²) in [6.45, 7) is 1.45. The van der Waals surface area contributed by atoms with Crippen LogP contribution in [0.3, 0.4) is 0 Å². The molecule has 8 heteroatoms. The van der Waals surface area contributed by atoms with E-state index in [4.69, 9.17) is 14.2 Å². The number of amidine groups is 1. The molecule has 144 valence electrons. The number of nitrogens with one attached hydrogen (secondary N) is 1. The topological polar surface area (TPSA) is 85.3 Å². The van der Waals surface area contributed by atoms with E-state index in [1.165, 1.54) is 0 Å². The largest absolute Gasteiger partial charge is 0.491 e. The Kier molecular flexibility index (Phi) is 4.94. The van der Waals surface area contributed by atoms with E-state index in [0.29, 0.717) is 41.7 Å². The van der Waals surface area contributed by atoms with Crippen molar-refractivity contribution in [1.29, 1.82) is 0 Å². The van der Waals surface area contributed by atoms with Gasteiger partial charge in [0, 0.05) is 43.3 Å². The van der Waals surface area contributed by atoms with Crippen molar-refractivity contribution >= 4 is 17.3 Å². The molecular weight excluding hydrogens is 360 g/mol. The van der Waals surface area contributed by atoms with E-state index in [1.807, 2.05) is 17.0 Å². The fourth-order valence-corrected chi connectivity index (χ4v) is 3.25. The van der Waals surface area contributed by atoms with Crippen LogP contribution in [-0.4, -0.2) is 55.6 Å². The summed E-state index contributed by atoms with van der Waals surface area (Å²) in [5.74, 6) is 2.37. The number of anilines is 1. The van der Waals surface area contributed by atoms with Crippen molar-refractivity contribution in [3.63, 3.8) is 0 Å². The van der Waals surface area contributed by atoms with Crippen LogP contribution in [-0.2, 0) is 4.74 Å². The predicted molar refractivity (Wildman–Crippen MR) is 104 cm³/mol. The number of methoxy groups -OCH3 is 2. The van der Waals surface area contributed by atoms with Crippen LogP contribution in [0, 0.1) is 0 Å². The van der Waals surface area contributed by atoms with Crippen molar-refractivity contribution in [1.82, 2.24) is 9.88 Å². The number of pyridine rings is 1. The molecule has 1 N–H and O–H groups in total. The number of carbonyl (C=O) groups excluding carboxylic acids is 1. The number of rotatable bonds is 6. The summed E-state index contributed by atoms with van der Waals surface area (Å²) in [5.41, 5.74) is 2.12. The van der Waals surface area contributed by atoms with Crippen molar-refractivity contribution in [3.05, 3.63) is 59.7 Å². The highest BCUT2D eigenvalue weighted by molar-refractivity contribution is 6.11. The normalized spacial score (nSPS) is 16.1. The monoisotopic (exact) mass is 380 g/mol. The summed E-state index contributed by atoms with van der Waals surface area (Å²) >= 11 is 0. The second kappa shape index (κ2) is 7.69. The molecule has 0 atom stereocenters. The number of carbonyl (C=O) groups is 1. The highest BCUT2D eigenvalue weighted by atomic mass is 16.7. The van der Waals surface area contributed by atoms with Gasteiger partial charge in [-0.3, -0.25) is 14.8 Å². The summed E-state index contributed by atoms with van der Waals surface area (Å²) in [7, 11) is 3.13. The maximum Gasteiger partial charge on any atom is 0.191 e. The van der Waals surface area contributed by atoms with Gasteiger partial charge in [-0.2, -0.15) is 0 Å². The predicted octanol–water partition coefficient (Wildman–Crippen LogP) is 2.28. The number of fused-ring (bicyclic) bond motifs is 3. The molecule has 28 heavy (non-hydrogen) atoms. The number of allylic oxidation sites excluding steroid dienone is 1. The molecule has 2 aliphatic rings. The lowest BCUT2D eigenvalue weighted by molar-refractivity contribution is 0.0492. The lowest BCUT2D eigenvalue weighted by Crippen LogP contribution is -2.36. The smallest absolute Gasteiger partial charge is 0.191 e. The van der Waals surface area contributed by atoms with Gasteiger partial charge >= 0.3 is 0 Å². The summed E-state index contributed by atoms with van der Waals surface area (Å²) in [4.78, 5) is 23.3. The van der Waals surface area contributed by atoms with Crippen molar-refractivity contribution in [2.75, 3.05) is 39.4 Å². The van der Waals surface area contributed by atoms with E-state index in [9.17, 15) is 4.79 Å². The van der Waals surface area contributed by atoms with E-state index in [-0.39, 0.29) is 12.6 Å². The first-order chi connectivity index (χ1) is 13.7. The van der Waals surface area contributed by atoms with Crippen molar-refractivity contribution in [3.8, 4) is 11.5 Å². The Morgan fingerprint density at radius 1 is 1.32 bits per heavy atom. The Morgan fingerprint density at radius 2 is 2.21 bits per heavy atom. The molecule has 2 aromatic rings. The summed E-state index contributed by atoms with van der Waals surface area (Å²) < 4.78 is 16.2. The van der Waals surface area contributed by atoms with Crippen LogP contribution < -0.4 is 14.8 Å². The average molecular weight is 380 g/mol. The van der Waals surface area contributed by atoms with Crippen LogP contribution in [0.1, 0.15) is 15.9 Å². The van der Waals surface area contributed by atoms with Crippen LogP contribution in [0.4, 0.5) is 5.69 Å². The number of aromatic nitrogens is 1. The number of ether oxygens (including phenoxy) is 3. The summed E-state index contributed by atoms with van der Waals surface area (Å²) in [6, 6.07) is 7.22. The third kappa shape index (κ3) is 3.18. The zero-order valence-corrected chi connectivity index (χ0v) is 15.6. The van der Waals surface area contributed by atoms with Crippen LogP contribution >= 0.6 is 0 Å². The maximum absolute atomic E-state index is 12.7. The standard InChI is InChI=1S/C20H20N4O4/c1-26-12-28-16-6-5-14-18(19(16)27-2)23-17(24-9-8-22-20(14)24)10-15(25)13-4-3-7-21-11-13/h3-7,10-11,23H,8-9,12H2,1-2H3. The van der Waals surface area contributed by atoms with E-state index in [1.54, 1.807) is 44.8 Å². The molecule has 0 fully saturated rings. The molecule has 0 amide bonds. The molecule has 0 aliphatic carbocycles. The third-order valence-corrected chi connectivity index (χ3v) is 4.50. The molecule has 1 aromatic carbocycles. The van der Waals surface area contributed by atoms with E-state index in [2.05, 4.69) is 15.3 Å². The third-order valence-electron chi connectivity index (χ3n) is 4.50. The SMILES string of the molecule is COCOc1ccc2c(c1OC)NC(=CC(=O)c1cccnc1)N1CCN=C21. The molecule has 0 spiro atoms. The summed E-state index contributed by atoms with van der Waals surface area (Å²) in [5, 5.41) is 3.32. The van der Waals surface area contributed by atoms with E-state index in [0.717, 1.165) is 11.4 Å². The first kappa shape index (κ1) is 18.0. The molecule has 1 aromatic heterocycles. The van der Waals surface area contributed by atoms with Crippen LogP contribution in [0.15, 0.2) is 53.5 Å². The van der Waals surface area contributed by atoms with Gasteiger partial charge in [0.15, 0.2) is 24.1 Å². The molecular formula is C20H20N4O4. The molecule has 0 saturated carbocycles. The molecule has 0 radical (unpaired) electrons. The van der Waals surface area contributed by atoms with Gasteiger partial charge in [-0.1, -0.05) is 0 Å². The fourth-order valence-electron chi connectivity index (χ4n) is 3.25. The zero-order chi connectivity index (χ0) is 19.5. The van der Waals surface area contributed by atoms with E-state index >= 15 is 0 Å².